The van der Waals surface area contributed by atoms with Crippen LogP contribution in [0.2, 0.25) is 0 Å². The number of nitrogens with zero attached hydrogens (tertiary/aromatic N) is 1. The molecule has 0 spiro atoms. The largest absolute Gasteiger partial charge is 0.481 e. The van der Waals surface area contributed by atoms with Crippen molar-refractivity contribution in [3.8, 4) is 16.9 Å². The Morgan fingerprint density at radius 1 is 1.03 bits per heavy atom. The molecule has 0 heterocycles. The van der Waals surface area contributed by atoms with Gasteiger partial charge in [0, 0.05) is 21.9 Å². The lowest BCUT2D eigenvalue weighted by atomic mass is 9.99. The Kier molecular flexibility index (Phi) is 8.34. The summed E-state index contributed by atoms with van der Waals surface area (Å²) in [6.45, 7) is -0.0762. The highest BCUT2D eigenvalue weighted by Crippen LogP contribution is 2.36. The van der Waals surface area contributed by atoms with E-state index < -0.39 is 24.3 Å². The van der Waals surface area contributed by atoms with Gasteiger partial charge in [0.05, 0.1) is 5.56 Å². The monoisotopic (exact) mass is 493 g/mol. The number of carboxylic acid groups (broad SMARTS) is 1. The quantitative estimate of drug-likeness (QED) is 0.265. The summed E-state index contributed by atoms with van der Waals surface area (Å²) in [6, 6.07) is 18.2. The van der Waals surface area contributed by atoms with Crippen LogP contribution in [0.1, 0.15) is 11.1 Å². The maximum absolute atomic E-state index is 13.2. The molecule has 0 unspecified atom stereocenters. The van der Waals surface area contributed by atoms with E-state index in [9.17, 15) is 18.0 Å². The number of rotatable bonds is 9. The zero-order valence-corrected chi connectivity index (χ0v) is 19.6. The van der Waals surface area contributed by atoms with Crippen LogP contribution in [0.5, 0.6) is 5.75 Å². The Morgan fingerprint density at radius 3 is 2.36 bits per heavy atom. The van der Waals surface area contributed by atoms with Crippen molar-refractivity contribution < 1.29 is 27.8 Å². The summed E-state index contributed by atoms with van der Waals surface area (Å²) in [5.74, 6) is -0.957. The van der Waals surface area contributed by atoms with Crippen LogP contribution in [0.25, 0.3) is 11.1 Å². The second-order valence-electron chi connectivity index (χ2n) is 7.14. The van der Waals surface area contributed by atoms with Crippen LogP contribution < -0.4 is 4.74 Å². The molecule has 0 aliphatic carbocycles. The van der Waals surface area contributed by atoms with Crippen LogP contribution in [0.15, 0.2) is 76.5 Å². The highest BCUT2D eigenvalue weighted by molar-refractivity contribution is 7.98. The normalized spacial score (nSPS) is 11.6. The Morgan fingerprint density at radius 2 is 1.73 bits per heavy atom. The number of aliphatic carboxylic acids is 1. The molecular formula is C24H22F3NO3S2. The number of benzene rings is 3. The van der Waals surface area contributed by atoms with E-state index in [1.54, 1.807) is 48.0 Å². The van der Waals surface area contributed by atoms with Gasteiger partial charge in [0.2, 0.25) is 0 Å². The van der Waals surface area contributed by atoms with Gasteiger partial charge < -0.3 is 9.84 Å². The van der Waals surface area contributed by atoms with Crippen molar-refractivity contribution in [3.63, 3.8) is 0 Å². The van der Waals surface area contributed by atoms with Gasteiger partial charge in [-0.15, -0.1) is 11.8 Å². The lowest BCUT2D eigenvalue weighted by Crippen LogP contribution is -2.11. The lowest BCUT2D eigenvalue weighted by Gasteiger charge is -2.18. The van der Waals surface area contributed by atoms with Gasteiger partial charge in [-0.25, -0.2) is 9.10 Å². The van der Waals surface area contributed by atoms with Gasteiger partial charge in [0.1, 0.15) is 5.75 Å². The number of alkyl halides is 3. The fraction of sp³-hybridized carbons (Fsp3) is 0.208. The van der Waals surface area contributed by atoms with E-state index in [2.05, 4.69) is 0 Å². The number of hydrogen-bond donors (Lipinski definition) is 1. The minimum Gasteiger partial charge on any atom is -0.481 e. The molecule has 0 aromatic heterocycles. The minimum atomic E-state index is -4.49. The topological polar surface area (TPSA) is 49.8 Å². The third-order valence-electron chi connectivity index (χ3n) is 4.62. The van der Waals surface area contributed by atoms with Crippen molar-refractivity contribution in [2.75, 3.05) is 19.9 Å². The molecule has 3 rings (SSSR count). The number of ether oxygens (including phenoxy) is 1. The first-order chi connectivity index (χ1) is 15.7. The molecule has 0 saturated carbocycles. The first-order valence-electron chi connectivity index (χ1n) is 9.84. The van der Waals surface area contributed by atoms with Crippen molar-refractivity contribution in [1.29, 1.82) is 0 Å². The molecule has 3 aromatic carbocycles. The molecule has 33 heavy (non-hydrogen) atoms. The summed E-state index contributed by atoms with van der Waals surface area (Å²) in [5, 5.41) is 8.95. The maximum Gasteiger partial charge on any atom is 0.416 e. The van der Waals surface area contributed by atoms with Crippen LogP contribution >= 0.6 is 23.7 Å². The molecule has 0 atom stereocenters. The van der Waals surface area contributed by atoms with Gasteiger partial charge in [0.25, 0.3) is 0 Å². The van der Waals surface area contributed by atoms with Crippen LogP contribution in [0.3, 0.4) is 0 Å². The first kappa shape index (κ1) is 25.0. The molecule has 0 aliphatic heterocycles. The van der Waals surface area contributed by atoms with E-state index in [0.717, 1.165) is 22.6 Å². The average molecular weight is 494 g/mol. The standard InChI is InChI=1S/C24H22F3NO3S2/c1-28(33-20-9-7-19(32-2)8-10-20)14-16-6-11-22(31-15-23(29)30)21(12-16)17-4-3-5-18(13-17)24(25,26)27/h3-13H,14-15H2,1-2H3,(H,29,30). The van der Waals surface area contributed by atoms with E-state index in [0.29, 0.717) is 17.7 Å². The third-order valence-corrected chi connectivity index (χ3v) is 6.29. The van der Waals surface area contributed by atoms with E-state index >= 15 is 0 Å². The van der Waals surface area contributed by atoms with Crippen molar-refractivity contribution in [1.82, 2.24) is 4.31 Å². The summed E-state index contributed by atoms with van der Waals surface area (Å²) in [5.41, 5.74) is 0.773. The molecular weight excluding hydrogens is 471 g/mol. The van der Waals surface area contributed by atoms with Crippen molar-refractivity contribution in [2.45, 2.75) is 22.5 Å². The number of hydrogen-bond acceptors (Lipinski definition) is 5. The molecule has 9 heteroatoms. The number of carbonyl (C=O) groups is 1. The fourth-order valence-corrected chi connectivity index (χ4v) is 4.37. The van der Waals surface area contributed by atoms with Gasteiger partial charge in [-0.1, -0.05) is 18.2 Å². The molecule has 3 aromatic rings. The van der Waals surface area contributed by atoms with E-state index in [4.69, 9.17) is 9.84 Å². The summed E-state index contributed by atoms with van der Waals surface area (Å²) in [7, 11) is 1.92. The number of thioether (sulfide) groups is 1. The van der Waals surface area contributed by atoms with Crippen LogP contribution in [0, 0.1) is 0 Å². The third kappa shape index (κ3) is 7.18. The fourth-order valence-electron chi connectivity index (χ4n) is 3.14. The molecule has 0 amide bonds. The van der Waals surface area contributed by atoms with Crippen LogP contribution in [-0.2, 0) is 17.5 Å². The van der Waals surface area contributed by atoms with E-state index in [-0.39, 0.29) is 5.75 Å². The second kappa shape index (κ2) is 11.0. The maximum atomic E-state index is 13.2. The Bertz CT molecular complexity index is 1100. The number of halogens is 3. The summed E-state index contributed by atoms with van der Waals surface area (Å²) < 4.78 is 47.0. The predicted molar refractivity (Wildman–Crippen MR) is 126 cm³/mol. The molecule has 0 bridgehead atoms. The molecule has 1 N–H and O–H groups in total. The smallest absolute Gasteiger partial charge is 0.416 e. The van der Waals surface area contributed by atoms with E-state index in [1.165, 1.54) is 11.0 Å². The Hall–Kier alpha value is -2.62. The molecule has 0 radical (unpaired) electrons. The minimum absolute atomic E-state index is 0.212. The summed E-state index contributed by atoms with van der Waals surface area (Å²) >= 11 is 3.22. The van der Waals surface area contributed by atoms with Crippen LogP contribution in [-0.4, -0.2) is 35.3 Å². The SMILES string of the molecule is CSc1ccc(SN(C)Cc2ccc(OCC(=O)O)c(-c3cccc(C(F)(F)F)c3)c2)cc1. The van der Waals surface area contributed by atoms with Crippen molar-refractivity contribution in [2.24, 2.45) is 0 Å². The van der Waals surface area contributed by atoms with Gasteiger partial charge in [0.15, 0.2) is 6.61 Å². The highest BCUT2D eigenvalue weighted by atomic mass is 32.2. The van der Waals surface area contributed by atoms with Gasteiger partial charge >= 0.3 is 12.1 Å². The second-order valence-corrected chi connectivity index (χ2v) is 9.30. The highest BCUT2D eigenvalue weighted by Gasteiger charge is 2.30. The molecule has 0 saturated heterocycles. The summed E-state index contributed by atoms with van der Waals surface area (Å²) in [4.78, 5) is 13.2. The van der Waals surface area contributed by atoms with Crippen molar-refractivity contribution >= 4 is 29.7 Å². The molecule has 0 fully saturated rings. The van der Waals surface area contributed by atoms with Gasteiger partial charge in [-0.05, 0) is 84.9 Å². The van der Waals surface area contributed by atoms with Gasteiger partial charge in [-0.2, -0.15) is 13.2 Å². The molecule has 174 valence electrons. The number of carboxylic acids is 1. The summed E-state index contributed by atoms with van der Waals surface area (Å²) in [6.07, 6.45) is -2.47. The van der Waals surface area contributed by atoms with Crippen molar-refractivity contribution in [3.05, 3.63) is 77.9 Å². The Balaban J connectivity index is 1.86. The van der Waals surface area contributed by atoms with Gasteiger partial charge in [-0.3, -0.25) is 0 Å². The molecule has 4 nitrogen and oxygen atoms in total. The average Bonchev–Trinajstić information content (AvgIpc) is 2.78. The predicted octanol–water partition coefficient (Wildman–Crippen LogP) is 6.70. The first-order valence-corrected chi connectivity index (χ1v) is 11.8. The zero-order chi connectivity index (χ0) is 24.0. The zero-order valence-electron chi connectivity index (χ0n) is 17.9. The lowest BCUT2D eigenvalue weighted by molar-refractivity contribution is -0.139. The Labute approximate surface area is 198 Å². The van der Waals surface area contributed by atoms with E-state index in [1.807, 2.05) is 41.9 Å². The van der Waals surface area contributed by atoms with Crippen LogP contribution in [0.4, 0.5) is 13.2 Å². The molecule has 0 aliphatic rings.